The standard InChI is InChI=1S/C39H24N6/c1-4-12-32-28(9-1)31-24-40-20-17-35(31)43(32)25-21-26(44-33-13-5-2-10-29(33)38-36(44)15-7-18-41-38)23-27(22-25)45-34-14-6-3-11-30(34)39-37(45)16-8-19-42-39/h1-24H. The molecule has 0 fully saturated rings. The Kier molecular flexibility index (Phi) is 4.90. The number of hydrogen-bond acceptors (Lipinski definition) is 3. The zero-order valence-electron chi connectivity index (χ0n) is 24.0. The molecule has 0 N–H and O–H groups in total. The molecule has 210 valence electrons. The number of para-hydroxylation sites is 3. The molecule has 4 aromatic carbocycles. The van der Waals surface area contributed by atoms with Crippen LogP contribution in [-0.2, 0) is 0 Å². The molecule has 0 saturated carbocycles. The SMILES string of the molecule is c1ccc2c(c1)c1cnccc1n2-c1cc(-n2c3ccccc3c3ncccc32)cc(-n2c3ccccc3c3ncccc32)c1. The number of rotatable bonds is 3. The van der Waals surface area contributed by atoms with Gasteiger partial charge in [0.25, 0.3) is 0 Å². The van der Waals surface area contributed by atoms with Crippen LogP contribution in [0.15, 0.2) is 146 Å². The molecule has 0 radical (unpaired) electrons. The second-order valence-electron chi connectivity index (χ2n) is 11.4. The lowest BCUT2D eigenvalue weighted by atomic mass is 10.2. The summed E-state index contributed by atoms with van der Waals surface area (Å²) in [7, 11) is 0. The summed E-state index contributed by atoms with van der Waals surface area (Å²) in [5.74, 6) is 0. The van der Waals surface area contributed by atoms with Gasteiger partial charge in [0, 0.05) is 46.3 Å². The third-order valence-electron chi connectivity index (χ3n) is 8.99. The molecule has 6 heteroatoms. The van der Waals surface area contributed by atoms with E-state index in [2.05, 4.69) is 128 Å². The molecule has 6 heterocycles. The van der Waals surface area contributed by atoms with Crippen LogP contribution in [0.2, 0.25) is 0 Å². The Hall–Kier alpha value is -6.27. The first-order valence-corrected chi connectivity index (χ1v) is 15.0. The van der Waals surface area contributed by atoms with E-state index in [-0.39, 0.29) is 0 Å². The summed E-state index contributed by atoms with van der Waals surface area (Å²) in [6.07, 6.45) is 7.59. The van der Waals surface area contributed by atoms with Crippen molar-refractivity contribution in [2.24, 2.45) is 0 Å². The quantitative estimate of drug-likeness (QED) is 0.211. The van der Waals surface area contributed by atoms with Crippen LogP contribution in [0.1, 0.15) is 0 Å². The fourth-order valence-electron chi connectivity index (χ4n) is 7.18. The van der Waals surface area contributed by atoms with Gasteiger partial charge < -0.3 is 13.7 Å². The highest BCUT2D eigenvalue weighted by Gasteiger charge is 2.19. The monoisotopic (exact) mass is 576 g/mol. The average molecular weight is 577 g/mol. The van der Waals surface area contributed by atoms with Crippen molar-refractivity contribution in [1.29, 1.82) is 0 Å². The lowest BCUT2D eigenvalue weighted by Crippen LogP contribution is -2.03. The van der Waals surface area contributed by atoms with Crippen LogP contribution in [-0.4, -0.2) is 28.7 Å². The minimum absolute atomic E-state index is 0.990. The van der Waals surface area contributed by atoms with Crippen LogP contribution >= 0.6 is 0 Å². The number of hydrogen-bond donors (Lipinski definition) is 0. The minimum Gasteiger partial charge on any atom is -0.309 e. The lowest BCUT2D eigenvalue weighted by molar-refractivity contribution is 1.09. The van der Waals surface area contributed by atoms with Gasteiger partial charge in [0.2, 0.25) is 0 Å². The van der Waals surface area contributed by atoms with Crippen molar-refractivity contribution in [3.05, 3.63) is 146 Å². The lowest BCUT2D eigenvalue weighted by Gasteiger charge is -2.17. The Morgan fingerprint density at radius 3 is 1.33 bits per heavy atom. The van der Waals surface area contributed by atoms with Gasteiger partial charge in [-0.3, -0.25) is 15.0 Å². The van der Waals surface area contributed by atoms with E-state index in [1.165, 1.54) is 5.39 Å². The molecule has 10 rings (SSSR count). The maximum Gasteiger partial charge on any atom is 0.0963 e. The van der Waals surface area contributed by atoms with Crippen LogP contribution in [0.5, 0.6) is 0 Å². The van der Waals surface area contributed by atoms with Gasteiger partial charge in [-0.1, -0.05) is 54.6 Å². The zero-order chi connectivity index (χ0) is 29.5. The third kappa shape index (κ3) is 3.36. The van der Waals surface area contributed by atoms with Crippen molar-refractivity contribution in [2.45, 2.75) is 0 Å². The summed E-state index contributed by atoms with van der Waals surface area (Å²) in [6.45, 7) is 0. The Morgan fingerprint density at radius 2 is 0.778 bits per heavy atom. The molecule has 10 aromatic rings. The summed E-state index contributed by atoms with van der Waals surface area (Å²) >= 11 is 0. The molecule has 0 amide bonds. The second-order valence-corrected chi connectivity index (χ2v) is 11.4. The normalized spacial score (nSPS) is 12.0. The molecule has 0 atom stereocenters. The van der Waals surface area contributed by atoms with Crippen LogP contribution in [0, 0.1) is 0 Å². The summed E-state index contributed by atoms with van der Waals surface area (Å²) in [5, 5.41) is 4.56. The van der Waals surface area contributed by atoms with Crippen LogP contribution < -0.4 is 0 Å². The van der Waals surface area contributed by atoms with Gasteiger partial charge in [-0.05, 0) is 66.7 Å². The predicted octanol–water partition coefficient (Wildman–Crippen LogP) is 9.16. The second kappa shape index (κ2) is 9.11. The van der Waals surface area contributed by atoms with Crippen molar-refractivity contribution >= 4 is 65.7 Å². The van der Waals surface area contributed by atoms with Crippen molar-refractivity contribution < 1.29 is 0 Å². The first kappa shape index (κ1) is 24.2. The van der Waals surface area contributed by atoms with Gasteiger partial charge >= 0.3 is 0 Å². The topological polar surface area (TPSA) is 53.5 Å². The molecular formula is C39H24N6. The Bertz CT molecular complexity index is 2300. The fraction of sp³-hybridized carbons (Fsp3) is 0. The van der Waals surface area contributed by atoms with Gasteiger partial charge in [-0.2, -0.15) is 0 Å². The number of pyridine rings is 3. The van der Waals surface area contributed by atoms with Gasteiger partial charge in [-0.25, -0.2) is 0 Å². The molecule has 6 aromatic heterocycles. The molecule has 6 nitrogen and oxygen atoms in total. The van der Waals surface area contributed by atoms with Crippen LogP contribution in [0.3, 0.4) is 0 Å². The Balaban J connectivity index is 1.38. The number of fused-ring (bicyclic) bond motifs is 9. The highest BCUT2D eigenvalue weighted by Crippen LogP contribution is 2.38. The molecule has 0 aliphatic carbocycles. The minimum atomic E-state index is 0.990. The van der Waals surface area contributed by atoms with Gasteiger partial charge in [0.05, 0.1) is 61.2 Å². The molecule has 0 aliphatic rings. The predicted molar refractivity (Wildman–Crippen MR) is 183 cm³/mol. The van der Waals surface area contributed by atoms with Gasteiger partial charge in [0.15, 0.2) is 0 Å². The van der Waals surface area contributed by atoms with E-state index in [0.717, 1.165) is 77.4 Å². The van der Waals surface area contributed by atoms with Crippen molar-refractivity contribution in [2.75, 3.05) is 0 Å². The maximum absolute atomic E-state index is 4.82. The van der Waals surface area contributed by atoms with E-state index in [4.69, 9.17) is 9.97 Å². The largest absolute Gasteiger partial charge is 0.309 e. The van der Waals surface area contributed by atoms with Crippen molar-refractivity contribution in [1.82, 2.24) is 28.7 Å². The first-order chi connectivity index (χ1) is 22.3. The Labute approximate surface area is 257 Å². The molecule has 0 bridgehead atoms. The summed E-state index contributed by atoms with van der Waals surface area (Å²) < 4.78 is 7.04. The highest BCUT2D eigenvalue weighted by atomic mass is 15.1. The third-order valence-corrected chi connectivity index (χ3v) is 8.99. The summed E-state index contributed by atoms with van der Waals surface area (Å²) in [6, 6.07) is 42.9. The van der Waals surface area contributed by atoms with E-state index in [0.29, 0.717) is 0 Å². The first-order valence-electron chi connectivity index (χ1n) is 15.0. The summed E-state index contributed by atoms with van der Waals surface area (Å²) in [5.41, 5.74) is 11.8. The highest BCUT2D eigenvalue weighted by molar-refractivity contribution is 6.10. The van der Waals surface area contributed by atoms with E-state index in [1.54, 1.807) is 0 Å². The van der Waals surface area contributed by atoms with Gasteiger partial charge in [-0.15, -0.1) is 0 Å². The van der Waals surface area contributed by atoms with Crippen LogP contribution in [0.25, 0.3) is 82.7 Å². The van der Waals surface area contributed by atoms with E-state index in [9.17, 15) is 0 Å². The zero-order valence-corrected chi connectivity index (χ0v) is 24.0. The average Bonchev–Trinajstić information content (AvgIpc) is 3.74. The molecule has 45 heavy (non-hydrogen) atoms. The van der Waals surface area contributed by atoms with E-state index in [1.807, 2.05) is 36.9 Å². The molecule has 0 aliphatic heterocycles. The summed E-state index contributed by atoms with van der Waals surface area (Å²) in [4.78, 5) is 14.1. The van der Waals surface area contributed by atoms with Gasteiger partial charge in [0.1, 0.15) is 0 Å². The molecule has 0 unspecified atom stereocenters. The van der Waals surface area contributed by atoms with E-state index >= 15 is 0 Å². The van der Waals surface area contributed by atoms with E-state index < -0.39 is 0 Å². The maximum atomic E-state index is 4.82. The number of benzene rings is 4. The Morgan fingerprint density at radius 1 is 0.356 bits per heavy atom. The molecule has 0 saturated heterocycles. The van der Waals surface area contributed by atoms with Crippen LogP contribution in [0.4, 0.5) is 0 Å². The fourth-order valence-corrected chi connectivity index (χ4v) is 7.18. The van der Waals surface area contributed by atoms with Crippen molar-refractivity contribution in [3.63, 3.8) is 0 Å². The number of nitrogens with zero attached hydrogens (tertiary/aromatic N) is 6. The molecular weight excluding hydrogens is 552 g/mol. The smallest absolute Gasteiger partial charge is 0.0963 e. The van der Waals surface area contributed by atoms with Crippen molar-refractivity contribution in [3.8, 4) is 17.1 Å². The molecule has 0 spiro atoms. The number of aromatic nitrogens is 6.